The lowest BCUT2D eigenvalue weighted by molar-refractivity contribution is 0.0699. The molecule has 2 aliphatic rings. The van der Waals surface area contributed by atoms with Gasteiger partial charge in [-0.1, -0.05) is 41.4 Å². The first kappa shape index (κ1) is 38.1. The predicted molar refractivity (Wildman–Crippen MR) is 224 cm³/mol. The number of halogens is 2. The number of para-hydroxylation sites is 1. The Morgan fingerprint density at radius 3 is 2.32 bits per heavy atom. The molecule has 0 atom stereocenters. The van der Waals surface area contributed by atoms with Crippen LogP contribution in [0.3, 0.4) is 0 Å². The number of benzene rings is 3. The molecule has 1 amide bonds. The molecule has 0 radical (unpaired) electrons. The normalized spacial score (nSPS) is 14.8. The summed E-state index contributed by atoms with van der Waals surface area (Å²) >= 11 is 13.4. The number of likely N-dealkylation sites (tertiary alicyclic amines) is 1. The molecular formula is C44H48Cl2N6O4. The van der Waals surface area contributed by atoms with E-state index in [2.05, 4.69) is 28.5 Å². The minimum Gasteiger partial charge on any atom is -0.494 e. The van der Waals surface area contributed by atoms with Gasteiger partial charge in [0.15, 0.2) is 0 Å². The van der Waals surface area contributed by atoms with Crippen LogP contribution in [0.2, 0.25) is 10.0 Å². The van der Waals surface area contributed by atoms with Gasteiger partial charge in [0.05, 0.1) is 28.4 Å². The van der Waals surface area contributed by atoms with E-state index in [1.807, 2.05) is 70.7 Å². The molecule has 5 heterocycles. The highest BCUT2D eigenvalue weighted by molar-refractivity contribution is 6.36. The lowest BCUT2D eigenvalue weighted by Crippen LogP contribution is -2.42. The van der Waals surface area contributed by atoms with Crippen LogP contribution in [0.4, 0.5) is 5.82 Å². The summed E-state index contributed by atoms with van der Waals surface area (Å²) in [5.74, 6) is -0.219. The lowest BCUT2D eigenvalue weighted by atomic mass is 9.98. The molecule has 56 heavy (non-hydrogen) atoms. The number of amides is 1. The van der Waals surface area contributed by atoms with Crippen LogP contribution in [-0.2, 0) is 33.6 Å². The third-order valence-electron chi connectivity index (χ3n) is 12.0. The first-order valence-electron chi connectivity index (χ1n) is 19.4. The maximum Gasteiger partial charge on any atom is 0.340 e. The molecule has 1 fully saturated rings. The molecule has 0 unspecified atom stereocenters. The van der Waals surface area contributed by atoms with E-state index in [4.69, 9.17) is 33.0 Å². The van der Waals surface area contributed by atoms with Gasteiger partial charge in [-0.25, -0.2) is 4.79 Å². The van der Waals surface area contributed by atoms with Crippen molar-refractivity contribution in [3.05, 3.63) is 96.9 Å². The number of carbonyl (C=O) groups is 2. The van der Waals surface area contributed by atoms with Crippen molar-refractivity contribution < 1.29 is 19.4 Å². The molecule has 12 heteroatoms. The first-order valence-corrected chi connectivity index (χ1v) is 20.2. The second-order valence-electron chi connectivity index (χ2n) is 15.5. The maximum absolute atomic E-state index is 15.2. The number of aryl methyl sites for hydroxylation is 7. The summed E-state index contributed by atoms with van der Waals surface area (Å²) in [6.07, 6.45) is 3.53. The van der Waals surface area contributed by atoms with Crippen LogP contribution in [-0.4, -0.2) is 67.0 Å². The highest BCUT2D eigenvalue weighted by Crippen LogP contribution is 2.44. The van der Waals surface area contributed by atoms with Crippen LogP contribution in [0.1, 0.15) is 79.3 Å². The van der Waals surface area contributed by atoms with Gasteiger partial charge in [0.2, 0.25) is 0 Å². The van der Waals surface area contributed by atoms with E-state index in [0.29, 0.717) is 60.0 Å². The number of carboxylic acids is 1. The smallest absolute Gasteiger partial charge is 0.340 e. The largest absolute Gasteiger partial charge is 0.494 e. The molecule has 3 aromatic carbocycles. The van der Waals surface area contributed by atoms with Crippen molar-refractivity contribution in [1.82, 2.24) is 23.8 Å². The number of ether oxygens (including phenoxy) is 1. The van der Waals surface area contributed by atoms with E-state index in [0.717, 1.165) is 97.9 Å². The van der Waals surface area contributed by atoms with E-state index in [1.165, 1.54) is 0 Å². The van der Waals surface area contributed by atoms with Crippen LogP contribution < -0.4 is 9.64 Å². The Morgan fingerprint density at radius 2 is 1.66 bits per heavy atom. The number of rotatable bonds is 10. The number of aromatic nitrogens is 4. The molecule has 0 spiro atoms. The fourth-order valence-electron chi connectivity index (χ4n) is 9.30. The third kappa shape index (κ3) is 6.17. The summed E-state index contributed by atoms with van der Waals surface area (Å²) in [4.78, 5) is 32.6. The molecule has 292 valence electrons. The standard InChI is InChI=1S/C44H48Cl2N6O4/c1-24-20-30(21-25(2)38(24)46)56-19-11-14-32-31-12-10-13-33(36-27(4)47-49(7)28(36)5)39(31)51-17-18-52(43(53)40(32)51)42-37(44(54)55)35-26(3)29(23-50-15-8-9-16-50)22-34(45)41(35)48(42)6/h10,12-13,20-22H,8-9,11,14-19,23H2,1-7H3,(H,54,55). The summed E-state index contributed by atoms with van der Waals surface area (Å²) in [7, 11) is 3.76. The summed E-state index contributed by atoms with van der Waals surface area (Å²) in [5.41, 5.74) is 11.0. The lowest BCUT2D eigenvalue weighted by Gasteiger charge is -2.30. The number of nitrogens with zero attached hydrogens (tertiary/aromatic N) is 6. The molecule has 0 saturated carbocycles. The van der Waals surface area contributed by atoms with Gasteiger partial charge in [0, 0.05) is 66.3 Å². The number of carboxylic acid groups (broad SMARTS) is 1. The Morgan fingerprint density at radius 1 is 0.946 bits per heavy atom. The van der Waals surface area contributed by atoms with E-state index < -0.39 is 5.97 Å². The van der Waals surface area contributed by atoms with Gasteiger partial charge in [-0.05, 0) is 119 Å². The number of hydrogen-bond acceptors (Lipinski definition) is 5. The van der Waals surface area contributed by atoms with Crippen molar-refractivity contribution in [3.8, 4) is 16.9 Å². The van der Waals surface area contributed by atoms with E-state index in [1.54, 1.807) is 9.47 Å². The van der Waals surface area contributed by atoms with Crippen LogP contribution in [0.5, 0.6) is 5.75 Å². The van der Waals surface area contributed by atoms with Gasteiger partial charge < -0.3 is 19.0 Å². The van der Waals surface area contributed by atoms with Crippen LogP contribution in [0, 0.1) is 34.6 Å². The van der Waals surface area contributed by atoms with Crippen molar-refractivity contribution in [2.24, 2.45) is 14.1 Å². The number of aromatic carboxylic acids is 1. The summed E-state index contributed by atoms with van der Waals surface area (Å²) < 4.78 is 12.1. The molecule has 2 aliphatic heterocycles. The number of carbonyl (C=O) groups excluding carboxylic acids is 1. The minimum absolute atomic E-state index is 0.105. The van der Waals surface area contributed by atoms with Gasteiger partial charge in [0.1, 0.15) is 22.8 Å². The van der Waals surface area contributed by atoms with Gasteiger partial charge in [0.25, 0.3) is 5.91 Å². The summed E-state index contributed by atoms with van der Waals surface area (Å²) in [5, 5.41) is 18.4. The molecular weight excluding hydrogens is 747 g/mol. The Balaban J connectivity index is 1.25. The third-order valence-corrected chi connectivity index (χ3v) is 12.9. The number of hydrogen-bond donors (Lipinski definition) is 1. The molecule has 0 aliphatic carbocycles. The maximum atomic E-state index is 15.2. The molecule has 6 aromatic rings. The molecule has 10 nitrogen and oxygen atoms in total. The fraction of sp³-hybridized carbons (Fsp3) is 0.386. The molecule has 3 aromatic heterocycles. The van der Waals surface area contributed by atoms with Gasteiger partial charge in [-0.3, -0.25) is 19.3 Å². The van der Waals surface area contributed by atoms with Crippen LogP contribution in [0.15, 0.2) is 36.4 Å². The Labute approximate surface area is 337 Å². The molecule has 8 rings (SSSR count). The van der Waals surface area contributed by atoms with Crippen molar-refractivity contribution >= 4 is 62.7 Å². The Hall–Kier alpha value is -4.77. The highest BCUT2D eigenvalue weighted by Gasteiger charge is 2.38. The van der Waals surface area contributed by atoms with Gasteiger partial charge in [-0.2, -0.15) is 5.10 Å². The number of anilines is 1. The zero-order valence-corrected chi connectivity index (χ0v) is 34.7. The number of fused-ring (bicyclic) bond motifs is 4. The van der Waals surface area contributed by atoms with E-state index >= 15 is 4.79 Å². The fourth-order valence-corrected chi connectivity index (χ4v) is 9.76. The van der Waals surface area contributed by atoms with E-state index in [-0.39, 0.29) is 18.0 Å². The van der Waals surface area contributed by atoms with Gasteiger partial charge in [-0.15, -0.1) is 0 Å². The Bertz CT molecular complexity index is 2570. The zero-order valence-electron chi connectivity index (χ0n) is 33.1. The average molecular weight is 796 g/mol. The van der Waals surface area contributed by atoms with Crippen molar-refractivity contribution in [2.75, 3.05) is 31.1 Å². The zero-order chi connectivity index (χ0) is 39.7. The van der Waals surface area contributed by atoms with Crippen molar-refractivity contribution in [1.29, 1.82) is 0 Å². The summed E-state index contributed by atoms with van der Waals surface area (Å²) in [6, 6.07) is 12.1. The molecule has 1 saturated heterocycles. The van der Waals surface area contributed by atoms with Crippen molar-refractivity contribution in [2.45, 2.75) is 73.4 Å². The topological polar surface area (TPSA) is 97.8 Å². The van der Waals surface area contributed by atoms with Crippen molar-refractivity contribution in [3.63, 3.8) is 0 Å². The quantitative estimate of drug-likeness (QED) is 0.139. The van der Waals surface area contributed by atoms with E-state index in [9.17, 15) is 9.90 Å². The SMILES string of the molecule is Cc1cc(OCCCc2c3n(c4c(-c5c(C)nn(C)c5C)cccc24)CCN(c2c(C(=O)O)c4c(C)c(CN5CCCC5)cc(Cl)c4n2C)C3=O)cc(C)c1Cl. The summed E-state index contributed by atoms with van der Waals surface area (Å²) in [6.45, 7) is 13.9. The highest BCUT2D eigenvalue weighted by atomic mass is 35.5. The van der Waals surface area contributed by atoms with Gasteiger partial charge >= 0.3 is 5.97 Å². The Kier molecular flexibility index (Phi) is 9.96. The molecule has 0 bridgehead atoms. The average Bonchev–Trinajstić information content (AvgIpc) is 3.92. The molecule has 1 N–H and O–H groups in total. The second-order valence-corrected chi connectivity index (χ2v) is 16.3. The second kappa shape index (κ2) is 14.6. The monoisotopic (exact) mass is 794 g/mol. The minimum atomic E-state index is -1.09. The first-order chi connectivity index (χ1) is 26.8. The predicted octanol–water partition coefficient (Wildman–Crippen LogP) is 9.35. The van der Waals surface area contributed by atoms with Crippen LogP contribution in [0.25, 0.3) is 32.9 Å². The van der Waals surface area contributed by atoms with Crippen LogP contribution >= 0.6 is 23.2 Å².